The number of benzene rings is 1. The highest BCUT2D eigenvalue weighted by Crippen LogP contribution is 2.29. The molecule has 0 spiro atoms. The Morgan fingerprint density at radius 1 is 1.19 bits per heavy atom. The molecule has 1 atom stereocenters. The lowest BCUT2D eigenvalue weighted by Crippen LogP contribution is -2.18. The van der Waals surface area contributed by atoms with Gasteiger partial charge in [0.25, 0.3) is 0 Å². The van der Waals surface area contributed by atoms with Crippen LogP contribution in [0.2, 0.25) is 0 Å². The van der Waals surface area contributed by atoms with Crippen LogP contribution in [0.5, 0.6) is 11.5 Å². The average molecular weight is 219 g/mol. The standard InChI is InChI=1S/C13H17NO2/c1-9(2)10(3)16-12-6-5-11(8-14)7-13(12)15-4/h5-7,9-10H,1-4H3. The van der Waals surface area contributed by atoms with Crippen LogP contribution in [0.25, 0.3) is 0 Å². The number of hydrogen-bond acceptors (Lipinski definition) is 3. The van der Waals surface area contributed by atoms with Gasteiger partial charge in [-0.1, -0.05) is 13.8 Å². The summed E-state index contributed by atoms with van der Waals surface area (Å²) >= 11 is 0. The van der Waals surface area contributed by atoms with Crippen LogP contribution in [0.1, 0.15) is 26.3 Å². The summed E-state index contributed by atoms with van der Waals surface area (Å²) < 4.78 is 11.0. The van der Waals surface area contributed by atoms with E-state index in [1.165, 1.54) is 0 Å². The summed E-state index contributed by atoms with van der Waals surface area (Å²) in [5.41, 5.74) is 0.571. The number of nitrogens with zero attached hydrogens (tertiary/aromatic N) is 1. The van der Waals surface area contributed by atoms with Crippen LogP contribution in [-0.2, 0) is 0 Å². The zero-order valence-corrected chi connectivity index (χ0v) is 10.2. The zero-order chi connectivity index (χ0) is 12.1. The molecule has 0 aliphatic heterocycles. The molecule has 0 N–H and O–H groups in total. The average Bonchev–Trinajstić information content (AvgIpc) is 2.29. The van der Waals surface area contributed by atoms with Crippen LogP contribution in [0.4, 0.5) is 0 Å². The van der Waals surface area contributed by atoms with Gasteiger partial charge in [-0.05, 0) is 25.0 Å². The van der Waals surface area contributed by atoms with Crippen LogP contribution in [0.15, 0.2) is 18.2 Å². The molecule has 86 valence electrons. The van der Waals surface area contributed by atoms with Gasteiger partial charge in [-0.15, -0.1) is 0 Å². The fraction of sp³-hybridized carbons (Fsp3) is 0.462. The first-order chi connectivity index (χ1) is 7.58. The molecule has 0 amide bonds. The Labute approximate surface area is 96.6 Å². The van der Waals surface area contributed by atoms with Crippen molar-refractivity contribution < 1.29 is 9.47 Å². The largest absolute Gasteiger partial charge is 0.493 e. The molecule has 0 saturated carbocycles. The summed E-state index contributed by atoms with van der Waals surface area (Å²) in [6.45, 7) is 6.21. The molecule has 16 heavy (non-hydrogen) atoms. The van der Waals surface area contributed by atoms with E-state index >= 15 is 0 Å². The summed E-state index contributed by atoms with van der Waals surface area (Å²) in [5, 5.41) is 8.77. The molecule has 1 unspecified atom stereocenters. The predicted octanol–water partition coefficient (Wildman–Crippen LogP) is 2.99. The van der Waals surface area contributed by atoms with E-state index in [9.17, 15) is 0 Å². The lowest BCUT2D eigenvalue weighted by molar-refractivity contribution is 0.164. The van der Waals surface area contributed by atoms with Crippen molar-refractivity contribution in [2.75, 3.05) is 7.11 Å². The van der Waals surface area contributed by atoms with E-state index in [2.05, 4.69) is 19.9 Å². The third kappa shape index (κ3) is 2.90. The Kier molecular flexibility index (Phi) is 4.19. The minimum Gasteiger partial charge on any atom is -0.493 e. The summed E-state index contributed by atoms with van der Waals surface area (Å²) in [5.74, 6) is 1.72. The van der Waals surface area contributed by atoms with Gasteiger partial charge in [0, 0.05) is 6.07 Å². The van der Waals surface area contributed by atoms with Crippen molar-refractivity contribution in [2.45, 2.75) is 26.9 Å². The molecular weight excluding hydrogens is 202 g/mol. The van der Waals surface area contributed by atoms with E-state index in [4.69, 9.17) is 14.7 Å². The Bertz CT molecular complexity index is 393. The molecule has 0 aliphatic carbocycles. The summed E-state index contributed by atoms with van der Waals surface area (Å²) in [6.07, 6.45) is 0.113. The number of hydrogen-bond donors (Lipinski definition) is 0. The quantitative estimate of drug-likeness (QED) is 0.781. The van der Waals surface area contributed by atoms with Crippen LogP contribution in [-0.4, -0.2) is 13.2 Å². The molecule has 0 aliphatic rings. The van der Waals surface area contributed by atoms with Gasteiger partial charge in [0.2, 0.25) is 0 Å². The molecule has 3 heteroatoms. The lowest BCUT2D eigenvalue weighted by atomic mass is 10.1. The first kappa shape index (κ1) is 12.4. The first-order valence-corrected chi connectivity index (χ1v) is 5.33. The van der Waals surface area contributed by atoms with Gasteiger partial charge < -0.3 is 9.47 Å². The van der Waals surface area contributed by atoms with Gasteiger partial charge in [0.15, 0.2) is 11.5 Å². The van der Waals surface area contributed by atoms with Crippen molar-refractivity contribution in [3.63, 3.8) is 0 Å². The smallest absolute Gasteiger partial charge is 0.162 e. The lowest BCUT2D eigenvalue weighted by Gasteiger charge is -2.19. The van der Waals surface area contributed by atoms with Crippen LogP contribution in [0.3, 0.4) is 0 Å². The van der Waals surface area contributed by atoms with E-state index in [-0.39, 0.29) is 6.10 Å². The second kappa shape index (κ2) is 5.41. The molecule has 1 rings (SSSR count). The van der Waals surface area contributed by atoms with Gasteiger partial charge >= 0.3 is 0 Å². The van der Waals surface area contributed by atoms with Crippen LogP contribution < -0.4 is 9.47 Å². The maximum atomic E-state index is 8.77. The highest BCUT2D eigenvalue weighted by Gasteiger charge is 2.12. The normalized spacial score (nSPS) is 12.0. The van der Waals surface area contributed by atoms with E-state index in [0.29, 0.717) is 23.0 Å². The third-order valence-corrected chi connectivity index (χ3v) is 2.54. The van der Waals surface area contributed by atoms with Crippen molar-refractivity contribution in [2.24, 2.45) is 5.92 Å². The Hall–Kier alpha value is -1.69. The molecule has 0 saturated heterocycles. The Balaban J connectivity index is 2.92. The van der Waals surface area contributed by atoms with Crippen molar-refractivity contribution in [3.05, 3.63) is 23.8 Å². The highest BCUT2D eigenvalue weighted by molar-refractivity contribution is 5.46. The zero-order valence-electron chi connectivity index (χ0n) is 10.2. The van der Waals surface area contributed by atoms with Crippen molar-refractivity contribution in [3.8, 4) is 17.6 Å². The predicted molar refractivity (Wildman–Crippen MR) is 62.6 cm³/mol. The Morgan fingerprint density at radius 2 is 1.88 bits per heavy atom. The monoisotopic (exact) mass is 219 g/mol. The second-order valence-electron chi connectivity index (χ2n) is 4.04. The molecule has 0 aromatic heterocycles. The van der Waals surface area contributed by atoms with Crippen molar-refractivity contribution in [1.29, 1.82) is 5.26 Å². The van der Waals surface area contributed by atoms with Crippen molar-refractivity contribution in [1.82, 2.24) is 0 Å². The molecule has 0 bridgehead atoms. The first-order valence-electron chi connectivity index (χ1n) is 5.33. The van der Waals surface area contributed by atoms with E-state index in [1.54, 1.807) is 25.3 Å². The van der Waals surface area contributed by atoms with Gasteiger partial charge in [-0.2, -0.15) is 5.26 Å². The maximum Gasteiger partial charge on any atom is 0.162 e. The number of rotatable bonds is 4. The van der Waals surface area contributed by atoms with E-state index < -0.39 is 0 Å². The molecular formula is C13H17NO2. The minimum absolute atomic E-state index is 0.113. The topological polar surface area (TPSA) is 42.2 Å². The molecule has 0 radical (unpaired) electrons. The number of nitriles is 1. The van der Waals surface area contributed by atoms with E-state index in [1.807, 2.05) is 6.92 Å². The fourth-order valence-electron chi connectivity index (χ4n) is 1.17. The van der Waals surface area contributed by atoms with Crippen LogP contribution >= 0.6 is 0 Å². The summed E-state index contributed by atoms with van der Waals surface area (Å²) in [7, 11) is 1.57. The van der Waals surface area contributed by atoms with Gasteiger partial charge in [-0.3, -0.25) is 0 Å². The fourth-order valence-corrected chi connectivity index (χ4v) is 1.17. The minimum atomic E-state index is 0.113. The molecule has 3 nitrogen and oxygen atoms in total. The SMILES string of the molecule is COc1cc(C#N)ccc1OC(C)C(C)C. The number of methoxy groups -OCH3 is 1. The molecule has 1 aromatic carbocycles. The highest BCUT2D eigenvalue weighted by atomic mass is 16.5. The summed E-state index contributed by atoms with van der Waals surface area (Å²) in [6, 6.07) is 7.25. The Morgan fingerprint density at radius 3 is 2.38 bits per heavy atom. The number of ether oxygens (including phenoxy) is 2. The third-order valence-electron chi connectivity index (χ3n) is 2.54. The van der Waals surface area contributed by atoms with Crippen LogP contribution in [0, 0.1) is 17.2 Å². The summed E-state index contributed by atoms with van der Waals surface area (Å²) in [4.78, 5) is 0. The van der Waals surface area contributed by atoms with Gasteiger partial charge in [-0.25, -0.2) is 0 Å². The molecule has 0 fully saturated rings. The molecule has 0 heterocycles. The van der Waals surface area contributed by atoms with E-state index in [0.717, 1.165) is 0 Å². The van der Waals surface area contributed by atoms with Crippen molar-refractivity contribution >= 4 is 0 Å². The van der Waals surface area contributed by atoms with Gasteiger partial charge in [0.05, 0.1) is 24.8 Å². The van der Waals surface area contributed by atoms with Gasteiger partial charge in [0.1, 0.15) is 0 Å². The second-order valence-corrected chi connectivity index (χ2v) is 4.04. The molecule has 1 aromatic rings. The maximum absolute atomic E-state index is 8.77.